The zero-order chi connectivity index (χ0) is 21.7. The van der Waals surface area contributed by atoms with Crippen LogP contribution in [-0.4, -0.2) is 86.0 Å². The number of halogens is 3. The summed E-state index contributed by atoms with van der Waals surface area (Å²) in [5, 5.41) is 3.89. The fourth-order valence-electron chi connectivity index (χ4n) is 4.14. The second-order valence-electron chi connectivity index (χ2n) is 8.76. The molecule has 0 radical (unpaired) electrons. The van der Waals surface area contributed by atoms with Gasteiger partial charge in [-0.2, -0.15) is 0 Å². The molecule has 0 atom stereocenters. The lowest BCUT2D eigenvalue weighted by Gasteiger charge is -2.37. The molecule has 0 saturated carbocycles. The van der Waals surface area contributed by atoms with Crippen LogP contribution in [0.25, 0.3) is 0 Å². The highest BCUT2D eigenvalue weighted by atomic mass is 127. The Hall–Kier alpha value is -1.13. The van der Waals surface area contributed by atoms with Crippen molar-refractivity contribution in [3.63, 3.8) is 0 Å². The minimum absolute atomic E-state index is 0. The Kier molecular flexibility index (Phi) is 9.82. The van der Waals surface area contributed by atoms with Gasteiger partial charge in [-0.3, -0.25) is 14.7 Å². The van der Waals surface area contributed by atoms with Crippen LogP contribution < -0.4 is 5.32 Å². The van der Waals surface area contributed by atoms with Gasteiger partial charge in [-0.25, -0.2) is 4.39 Å². The Morgan fingerprint density at radius 3 is 2.35 bits per heavy atom. The predicted molar refractivity (Wildman–Crippen MR) is 135 cm³/mol. The Morgan fingerprint density at radius 1 is 1.13 bits per heavy atom. The van der Waals surface area contributed by atoms with Crippen LogP contribution in [0.4, 0.5) is 4.39 Å². The second-order valence-corrected chi connectivity index (χ2v) is 9.17. The number of piperazine rings is 1. The van der Waals surface area contributed by atoms with E-state index in [-0.39, 0.29) is 41.1 Å². The Labute approximate surface area is 207 Å². The van der Waals surface area contributed by atoms with Gasteiger partial charge in [0.25, 0.3) is 0 Å². The van der Waals surface area contributed by atoms with Crippen molar-refractivity contribution < 1.29 is 9.18 Å². The van der Waals surface area contributed by atoms with E-state index in [2.05, 4.69) is 34.0 Å². The maximum Gasteiger partial charge on any atom is 0.236 e. The van der Waals surface area contributed by atoms with Gasteiger partial charge >= 0.3 is 0 Å². The normalized spacial score (nSPS) is 18.2. The van der Waals surface area contributed by atoms with Crippen LogP contribution in [0.5, 0.6) is 0 Å². The van der Waals surface area contributed by atoms with E-state index < -0.39 is 0 Å². The molecule has 0 bridgehead atoms. The number of likely N-dealkylation sites (tertiary alicyclic amines) is 1. The van der Waals surface area contributed by atoms with Crippen molar-refractivity contribution in [3.05, 3.63) is 34.6 Å². The summed E-state index contributed by atoms with van der Waals surface area (Å²) in [6.07, 6.45) is 2.25. The van der Waals surface area contributed by atoms with E-state index in [9.17, 15) is 9.18 Å². The highest BCUT2D eigenvalue weighted by Crippen LogP contribution is 2.30. The molecule has 0 aromatic heterocycles. The zero-order valence-electron chi connectivity index (χ0n) is 18.7. The molecule has 1 aromatic carbocycles. The molecular weight excluding hydrogens is 532 g/mol. The van der Waals surface area contributed by atoms with Crippen molar-refractivity contribution in [2.75, 3.05) is 59.4 Å². The molecule has 1 N–H and O–H groups in total. The molecule has 0 aliphatic carbocycles. The third-order valence-corrected chi connectivity index (χ3v) is 6.36. The summed E-state index contributed by atoms with van der Waals surface area (Å²) in [4.78, 5) is 23.3. The molecule has 2 fully saturated rings. The number of hydrogen-bond donors (Lipinski definition) is 1. The summed E-state index contributed by atoms with van der Waals surface area (Å²) in [7, 11) is 1.78. The molecule has 2 aliphatic rings. The predicted octanol–water partition coefficient (Wildman–Crippen LogP) is 3.19. The smallest absolute Gasteiger partial charge is 0.236 e. The van der Waals surface area contributed by atoms with Gasteiger partial charge in [-0.05, 0) is 30.5 Å². The monoisotopic (exact) mass is 565 g/mol. The van der Waals surface area contributed by atoms with Crippen molar-refractivity contribution >= 4 is 47.4 Å². The van der Waals surface area contributed by atoms with Crippen LogP contribution >= 0.6 is 35.6 Å². The minimum Gasteiger partial charge on any atom is -0.355 e. The van der Waals surface area contributed by atoms with Crippen LogP contribution in [0.3, 0.4) is 0 Å². The number of amides is 1. The van der Waals surface area contributed by atoms with Crippen LogP contribution in [-0.2, 0) is 10.2 Å². The summed E-state index contributed by atoms with van der Waals surface area (Å²) < 4.78 is 13.4. The highest BCUT2D eigenvalue weighted by Gasteiger charge is 2.27. The van der Waals surface area contributed by atoms with Gasteiger partial charge in [0.2, 0.25) is 5.91 Å². The molecular formula is C22H34ClFIN5O. The molecule has 2 heterocycles. The third kappa shape index (κ3) is 6.92. The average molecular weight is 566 g/mol. The number of hydrogen-bond acceptors (Lipinski definition) is 3. The Bertz CT molecular complexity index is 777. The van der Waals surface area contributed by atoms with Gasteiger partial charge in [-0.15, -0.1) is 24.0 Å². The molecule has 174 valence electrons. The lowest BCUT2D eigenvalue weighted by Crippen LogP contribution is -2.55. The quantitative estimate of drug-likeness (QED) is 0.339. The van der Waals surface area contributed by atoms with Gasteiger partial charge in [0.15, 0.2) is 5.96 Å². The molecule has 2 saturated heterocycles. The molecule has 31 heavy (non-hydrogen) atoms. The lowest BCUT2D eigenvalue weighted by molar-refractivity contribution is -0.131. The van der Waals surface area contributed by atoms with Crippen LogP contribution in [0, 0.1) is 5.82 Å². The summed E-state index contributed by atoms with van der Waals surface area (Å²) in [5.41, 5.74) is 0.615. The first-order valence-corrected chi connectivity index (χ1v) is 11.1. The summed E-state index contributed by atoms with van der Waals surface area (Å²) in [6, 6.07) is 4.55. The molecule has 6 nitrogen and oxygen atoms in total. The average Bonchev–Trinajstić information content (AvgIpc) is 3.24. The van der Waals surface area contributed by atoms with Gasteiger partial charge in [-0.1, -0.05) is 31.5 Å². The first-order chi connectivity index (χ1) is 14.3. The van der Waals surface area contributed by atoms with Gasteiger partial charge < -0.3 is 15.1 Å². The highest BCUT2D eigenvalue weighted by molar-refractivity contribution is 14.0. The standard InChI is InChI=1S/C22H33ClFN5O.HI/c1-22(2,18-7-6-17(24)14-19(18)23)16-26-21(25-3)29-12-10-27(11-13-29)15-20(30)28-8-4-5-9-28;/h6-7,14H,4-5,8-13,15-16H2,1-3H3,(H,25,26);1H. The fourth-order valence-corrected chi connectivity index (χ4v) is 4.56. The van der Waals surface area contributed by atoms with E-state index >= 15 is 0 Å². The Morgan fingerprint density at radius 2 is 1.77 bits per heavy atom. The van der Waals surface area contributed by atoms with E-state index in [1.54, 1.807) is 13.1 Å². The van der Waals surface area contributed by atoms with E-state index in [4.69, 9.17) is 11.6 Å². The largest absolute Gasteiger partial charge is 0.355 e. The summed E-state index contributed by atoms with van der Waals surface area (Å²) in [6.45, 7) is 10.4. The molecule has 1 aromatic rings. The van der Waals surface area contributed by atoms with E-state index in [1.165, 1.54) is 12.1 Å². The van der Waals surface area contributed by atoms with Crippen molar-refractivity contribution in [1.82, 2.24) is 20.0 Å². The fraction of sp³-hybridized carbons (Fsp3) is 0.636. The maximum atomic E-state index is 13.4. The van der Waals surface area contributed by atoms with Gasteiger partial charge in [0.1, 0.15) is 5.82 Å². The van der Waals surface area contributed by atoms with E-state index in [0.29, 0.717) is 18.1 Å². The Balaban J connectivity index is 0.00000341. The molecule has 0 spiro atoms. The van der Waals surface area contributed by atoms with Crippen molar-refractivity contribution in [2.24, 2.45) is 4.99 Å². The first-order valence-electron chi connectivity index (χ1n) is 10.7. The molecule has 2 aliphatic heterocycles. The number of carbonyl (C=O) groups excluding carboxylic acids is 1. The molecule has 9 heteroatoms. The van der Waals surface area contributed by atoms with Crippen LogP contribution in [0.15, 0.2) is 23.2 Å². The number of aliphatic imine (C=N–C) groups is 1. The van der Waals surface area contributed by atoms with Crippen LogP contribution in [0.1, 0.15) is 32.3 Å². The van der Waals surface area contributed by atoms with Gasteiger partial charge in [0, 0.05) is 63.3 Å². The SMILES string of the molecule is CN=C(NCC(C)(C)c1ccc(F)cc1Cl)N1CCN(CC(=O)N2CCCC2)CC1.I. The number of benzene rings is 1. The summed E-state index contributed by atoms with van der Waals surface area (Å²) >= 11 is 6.27. The zero-order valence-corrected chi connectivity index (χ0v) is 21.8. The number of guanidine groups is 1. The number of rotatable bonds is 5. The number of nitrogens with zero attached hydrogens (tertiary/aromatic N) is 4. The first kappa shape index (κ1) is 26.1. The lowest BCUT2D eigenvalue weighted by atomic mass is 9.84. The number of carbonyl (C=O) groups is 1. The van der Waals surface area contributed by atoms with Crippen molar-refractivity contribution in [3.8, 4) is 0 Å². The topological polar surface area (TPSA) is 51.2 Å². The molecule has 1 amide bonds. The van der Waals surface area contributed by atoms with Crippen molar-refractivity contribution in [2.45, 2.75) is 32.1 Å². The second kappa shape index (κ2) is 11.7. The van der Waals surface area contributed by atoms with Crippen LogP contribution in [0.2, 0.25) is 5.02 Å². The maximum absolute atomic E-state index is 13.4. The van der Waals surface area contributed by atoms with E-state index in [0.717, 1.165) is 63.6 Å². The van der Waals surface area contributed by atoms with E-state index in [1.807, 2.05) is 4.90 Å². The van der Waals surface area contributed by atoms with Crippen molar-refractivity contribution in [1.29, 1.82) is 0 Å². The number of nitrogens with one attached hydrogen (secondary N) is 1. The molecule has 0 unspecified atom stereocenters. The van der Waals surface area contributed by atoms with Gasteiger partial charge in [0.05, 0.1) is 6.54 Å². The molecule has 3 rings (SSSR count). The third-order valence-electron chi connectivity index (χ3n) is 6.05. The summed E-state index contributed by atoms with van der Waals surface area (Å²) in [5.74, 6) is 0.762. The minimum atomic E-state index is -0.329.